The van der Waals surface area contributed by atoms with Gasteiger partial charge in [0.2, 0.25) is 0 Å². The van der Waals surface area contributed by atoms with Gasteiger partial charge in [-0.05, 0) is 36.8 Å². The molecule has 0 aliphatic carbocycles. The maximum Gasteiger partial charge on any atom is 0.190 e. The van der Waals surface area contributed by atoms with E-state index in [4.69, 9.17) is 0 Å². The quantitative estimate of drug-likeness (QED) is 0.314. The molecule has 0 atom stereocenters. The Hall–Kier alpha value is -0.850. The summed E-state index contributed by atoms with van der Waals surface area (Å²) in [6, 6.07) is 6.88. The van der Waals surface area contributed by atoms with Crippen molar-refractivity contribution < 1.29 is 4.39 Å². The lowest BCUT2D eigenvalue weighted by Crippen LogP contribution is -2.38. The minimum Gasteiger partial charge on any atom is -0.356 e. The molecule has 1 aromatic carbocycles. The molecule has 5 heteroatoms. The van der Waals surface area contributed by atoms with Crippen LogP contribution in [0.5, 0.6) is 0 Å². The fraction of sp³-hybridized carbons (Fsp3) is 0.562. The SMILES string of the molecule is CN=C(NCCCC(C)C)NCCc1ccccc1F.I. The Morgan fingerprint density at radius 2 is 1.86 bits per heavy atom. The summed E-state index contributed by atoms with van der Waals surface area (Å²) in [5.41, 5.74) is 0.732. The van der Waals surface area contributed by atoms with Crippen molar-refractivity contribution in [2.75, 3.05) is 20.1 Å². The topological polar surface area (TPSA) is 36.4 Å². The Morgan fingerprint density at radius 1 is 1.19 bits per heavy atom. The number of hydrogen-bond acceptors (Lipinski definition) is 1. The zero-order valence-corrected chi connectivity index (χ0v) is 15.5. The first-order chi connectivity index (χ1) is 9.63. The molecule has 0 saturated heterocycles. The van der Waals surface area contributed by atoms with Crippen LogP contribution in [-0.4, -0.2) is 26.1 Å². The molecular weight excluding hydrogens is 380 g/mol. The highest BCUT2D eigenvalue weighted by molar-refractivity contribution is 14.0. The molecule has 0 bridgehead atoms. The molecule has 0 heterocycles. The van der Waals surface area contributed by atoms with Gasteiger partial charge in [-0.25, -0.2) is 4.39 Å². The van der Waals surface area contributed by atoms with E-state index >= 15 is 0 Å². The third-order valence-corrected chi connectivity index (χ3v) is 3.12. The van der Waals surface area contributed by atoms with E-state index in [1.165, 1.54) is 12.5 Å². The fourth-order valence-corrected chi connectivity index (χ4v) is 1.95. The normalized spacial score (nSPS) is 11.2. The van der Waals surface area contributed by atoms with Crippen LogP contribution in [-0.2, 0) is 6.42 Å². The van der Waals surface area contributed by atoms with E-state index in [1.54, 1.807) is 13.1 Å². The number of benzene rings is 1. The molecule has 0 saturated carbocycles. The van der Waals surface area contributed by atoms with Crippen LogP contribution in [0.15, 0.2) is 29.3 Å². The largest absolute Gasteiger partial charge is 0.356 e. The monoisotopic (exact) mass is 407 g/mol. The van der Waals surface area contributed by atoms with Crippen LogP contribution in [0.4, 0.5) is 4.39 Å². The lowest BCUT2D eigenvalue weighted by atomic mass is 10.1. The van der Waals surface area contributed by atoms with Crippen LogP contribution in [0.3, 0.4) is 0 Å². The Morgan fingerprint density at radius 3 is 2.48 bits per heavy atom. The summed E-state index contributed by atoms with van der Waals surface area (Å²) >= 11 is 0. The molecule has 0 fully saturated rings. The second kappa shape index (κ2) is 11.8. The molecule has 0 aliphatic rings. The number of nitrogens with zero attached hydrogens (tertiary/aromatic N) is 1. The zero-order valence-electron chi connectivity index (χ0n) is 13.2. The van der Waals surface area contributed by atoms with Gasteiger partial charge in [-0.1, -0.05) is 32.0 Å². The lowest BCUT2D eigenvalue weighted by molar-refractivity contribution is 0.549. The van der Waals surface area contributed by atoms with E-state index in [1.807, 2.05) is 12.1 Å². The third-order valence-electron chi connectivity index (χ3n) is 3.12. The van der Waals surface area contributed by atoms with Gasteiger partial charge < -0.3 is 10.6 Å². The predicted molar refractivity (Wildman–Crippen MR) is 99.0 cm³/mol. The van der Waals surface area contributed by atoms with Gasteiger partial charge in [0.15, 0.2) is 5.96 Å². The van der Waals surface area contributed by atoms with E-state index in [0.717, 1.165) is 30.4 Å². The van der Waals surface area contributed by atoms with Crippen molar-refractivity contribution in [3.63, 3.8) is 0 Å². The maximum absolute atomic E-state index is 13.4. The first-order valence-electron chi connectivity index (χ1n) is 7.31. The standard InChI is InChI=1S/C16H26FN3.HI/c1-13(2)7-6-11-19-16(18-3)20-12-10-14-8-4-5-9-15(14)17;/h4-5,8-9,13H,6-7,10-12H2,1-3H3,(H2,18,19,20);1H. The van der Waals surface area contributed by atoms with Gasteiger partial charge >= 0.3 is 0 Å². The highest BCUT2D eigenvalue weighted by atomic mass is 127. The molecule has 0 aromatic heterocycles. The summed E-state index contributed by atoms with van der Waals surface area (Å²) in [5, 5.41) is 6.48. The smallest absolute Gasteiger partial charge is 0.190 e. The predicted octanol–water partition coefficient (Wildman–Crippen LogP) is 3.59. The Balaban J connectivity index is 0.00000400. The summed E-state index contributed by atoms with van der Waals surface area (Å²) in [4.78, 5) is 4.16. The second-order valence-corrected chi connectivity index (χ2v) is 5.30. The minimum absolute atomic E-state index is 0. The maximum atomic E-state index is 13.4. The average Bonchev–Trinajstić information content (AvgIpc) is 2.43. The van der Waals surface area contributed by atoms with Crippen LogP contribution in [0.2, 0.25) is 0 Å². The van der Waals surface area contributed by atoms with Gasteiger partial charge in [0.25, 0.3) is 0 Å². The van der Waals surface area contributed by atoms with Crippen molar-refractivity contribution in [2.24, 2.45) is 10.9 Å². The minimum atomic E-state index is -0.144. The molecule has 0 amide bonds. The van der Waals surface area contributed by atoms with Crippen molar-refractivity contribution >= 4 is 29.9 Å². The van der Waals surface area contributed by atoms with Crippen LogP contribution in [0.25, 0.3) is 0 Å². The Bertz CT molecular complexity index is 422. The van der Waals surface area contributed by atoms with Crippen LogP contribution < -0.4 is 10.6 Å². The van der Waals surface area contributed by atoms with Crippen LogP contribution in [0, 0.1) is 11.7 Å². The molecule has 0 radical (unpaired) electrons. The third kappa shape index (κ3) is 8.90. The van der Waals surface area contributed by atoms with E-state index in [-0.39, 0.29) is 29.8 Å². The van der Waals surface area contributed by atoms with Gasteiger partial charge in [-0.15, -0.1) is 24.0 Å². The second-order valence-electron chi connectivity index (χ2n) is 5.30. The molecule has 120 valence electrons. The van der Waals surface area contributed by atoms with Gasteiger partial charge in [-0.2, -0.15) is 0 Å². The highest BCUT2D eigenvalue weighted by Gasteiger charge is 2.02. The fourth-order valence-electron chi connectivity index (χ4n) is 1.95. The van der Waals surface area contributed by atoms with E-state index in [2.05, 4.69) is 29.5 Å². The van der Waals surface area contributed by atoms with Gasteiger partial charge in [0.05, 0.1) is 0 Å². The molecule has 21 heavy (non-hydrogen) atoms. The number of aliphatic imine (C=N–C) groups is 1. The lowest BCUT2D eigenvalue weighted by Gasteiger charge is -2.12. The summed E-state index contributed by atoms with van der Waals surface area (Å²) in [5.74, 6) is 1.37. The molecule has 0 spiro atoms. The number of guanidine groups is 1. The summed E-state index contributed by atoms with van der Waals surface area (Å²) in [7, 11) is 1.75. The highest BCUT2D eigenvalue weighted by Crippen LogP contribution is 2.06. The number of halogens is 2. The molecule has 0 aliphatic heterocycles. The van der Waals surface area contributed by atoms with Crippen molar-refractivity contribution in [2.45, 2.75) is 33.1 Å². The van der Waals surface area contributed by atoms with Crippen molar-refractivity contribution in [3.8, 4) is 0 Å². The first kappa shape index (κ1) is 20.1. The van der Waals surface area contributed by atoms with Crippen molar-refractivity contribution in [1.29, 1.82) is 0 Å². The van der Waals surface area contributed by atoms with Gasteiger partial charge in [-0.3, -0.25) is 4.99 Å². The Kier molecular flexibility index (Phi) is 11.3. The zero-order chi connectivity index (χ0) is 14.8. The van der Waals surface area contributed by atoms with E-state index in [0.29, 0.717) is 13.0 Å². The number of nitrogens with one attached hydrogen (secondary N) is 2. The molecular formula is C16H27FIN3. The van der Waals surface area contributed by atoms with Crippen molar-refractivity contribution in [3.05, 3.63) is 35.6 Å². The molecule has 1 aromatic rings. The summed E-state index contributed by atoms with van der Waals surface area (Å²) < 4.78 is 13.4. The molecule has 3 nitrogen and oxygen atoms in total. The van der Waals surface area contributed by atoms with Crippen LogP contribution in [0.1, 0.15) is 32.3 Å². The summed E-state index contributed by atoms with van der Waals surface area (Å²) in [6.07, 6.45) is 2.99. The Labute approximate surface area is 144 Å². The van der Waals surface area contributed by atoms with Crippen LogP contribution >= 0.6 is 24.0 Å². The van der Waals surface area contributed by atoms with E-state index in [9.17, 15) is 4.39 Å². The molecule has 0 unspecified atom stereocenters. The number of hydrogen-bond donors (Lipinski definition) is 2. The van der Waals surface area contributed by atoms with Gasteiger partial charge in [0, 0.05) is 20.1 Å². The van der Waals surface area contributed by atoms with Crippen molar-refractivity contribution in [1.82, 2.24) is 10.6 Å². The first-order valence-corrected chi connectivity index (χ1v) is 7.31. The summed E-state index contributed by atoms with van der Waals surface area (Å²) in [6.45, 7) is 6.03. The number of rotatable bonds is 7. The molecule has 2 N–H and O–H groups in total. The van der Waals surface area contributed by atoms with Gasteiger partial charge in [0.1, 0.15) is 5.82 Å². The van der Waals surface area contributed by atoms with E-state index < -0.39 is 0 Å². The average molecular weight is 407 g/mol. The molecule has 1 rings (SSSR count).